The molecule has 8 heteroatoms. The van der Waals surface area contributed by atoms with Crippen LogP contribution in [-0.4, -0.2) is 21.0 Å². The summed E-state index contributed by atoms with van der Waals surface area (Å²) in [7, 11) is 0. The number of hydrogen-bond donors (Lipinski definition) is 1. The molecule has 0 unspecified atom stereocenters. The number of nitrogens with zero attached hydrogens (tertiary/aromatic N) is 2. The molecule has 1 aromatic heterocycles. The van der Waals surface area contributed by atoms with Gasteiger partial charge in [-0.25, -0.2) is 9.78 Å². The van der Waals surface area contributed by atoms with Gasteiger partial charge in [-0.2, -0.15) is 0 Å². The van der Waals surface area contributed by atoms with Gasteiger partial charge in [-0.1, -0.05) is 11.6 Å². The molecule has 0 spiro atoms. The molecule has 0 saturated heterocycles. The van der Waals surface area contributed by atoms with E-state index in [2.05, 4.69) is 4.98 Å². The quantitative estimate of drug-likeness (QED) is 0.686. The van der Waals surface area contributed by atoms with Crippen LogP contribution in [0.4, 0.5) is 5.69 Å². The van der Waals surface area contributed by atoms with Crippen LogP contribution in [0.2, 0.25) is 5.02 Å². The molecule has 0 saturated carbocycles. The molecular formula is C12H7ClN2O5. The molecule has 0 aliphatic carbocycles. The summed E-state index contributed by atoms with van der Waals surface area (Å²) in [5.74, 6) is -1.27. The maximum absolute atomic E-state index is 10.8. The van der Waals surface area contributed by atoms with Crippen LogP contribution in [0.15, 0.2) is 36.5 Å². The summed E-state index contributed by atoms with van der Waals surface area (Å²) >= 11 is 5.87. The van der Waals surface area contributed by atoms with Gasteiger partial charge in [-0.15, -0.1) is 0 Å². The Hall–Kier alpha value is -2.67. The van der Waals surface area contributed by atoms with E-state index in [1.165, 1.54) is 36.5 Å². The third-order valence-electron chi connectivity index (χ3n) is 2.33. The first kappa shape index (κ1) is 13.8. The first-order chi connectivity index (χ1) is 9.49. The number of aromatic carboxylic acids is 1. The van der Waals surface area contributed by atoms with Crippen LogP contribution in [-0.2, 0) is 0 Å². The lowest BCUT2D eigenvalue weighted by atomic mass is 10.2. The zero-order valence-electron chi connectivity index (χ0n) is 9.82. The summed E-state index contributed by atoms with van der Waals surface area (Å²) in [6.45, 7) is 0. The summed E-state index contributed by atoms with van der Waals surface area (Å²) in [6, 6.07) is 6.42. The molecule has 0 atom stereocenters. The number of carbonyl (C=O) groups is 1. The molecule has 1 heterocycles. The number of hydrogen-bond acceptors (Lipinski definition) is 5. The lowest BCUT2D eigenvalue weighted by molar-refractivity contribution is -0.386. The van der Waals surface area contributed by atoms with E-state index in [1.807, 2.05) is 0 Å². The summed E-state index contributed by atoms with van der Waals surface area (Å²) in [4.78, 5) is 24.7. The largest absolute Gasteiger partial charge is 0.478 e. The van der Waals surface area contributed by atoms with Crippen molar-refractivity contribution < 1.29 is 19.6 Å². The van der Waals surface area contributed by atoms with Crippen molar-refractivity contribution in [3.8, 4) is 11.6 Å². The lowest BCUT2D eigenvalue weighted by Gasteiger charge is -2.07. The second-order valence-electron chi connectivity index (χ2n) is 3.64. The molecule has 0 aliphatic rings. The zero-order chi connectivity index (χ0) is 14.7. The number of carboxylic acids is 1. The molecule has 1 aromatic carbocycles. The first-order valence-electron chi connectivity index (χ1n) is 5.29. The monoisotopic (exact) mass is 294 g/mol. The Labute approximate surface area is 117 Å². The second kappa shape index (κ2) is 5.54. The molecule has 2 aromatic rings. The predicted molar refractivity (Wildman–Crippen MR) is 69.4 cm³/mol. The number of benzene rings is 1. The summed E-state index contributed by atoms with van der Waals surface area (Å²) in [5, 5.41) is 19.6. The molecule has 0 amide bonds. The molecule has 102 valence electrons. The molecule has 0 aliphatic heterocycles. The minimum Gasteiger partial charge on any atom is -0.478 e. The van der Waals surface area contributed by atoms with Crippen molar-refractivity contribution in [1.29, 1.82) is 0 Å². The third-order valence-corrected chi connectivity index (χ3v) is 2.63. The fraction of sp³-hybridized carbons (Fsp3) is 0. The number of aromatic nitrogens is 1. The lowest BCUT2D eigenvalue weighted by Crippen LogP contribution is -1.98. The van der Waals surface area contributed by atoms with Gasteiger partial charge >= 0.3 is 11.7 Å². The van der Waals surface area contributed by atoms with Crippen LogP contribution in [0, 0.1) is 10.1 Å². The summed E-state index contributed by atoms with van der Waals surface area (Å²) < 4.78 is 5.26. The van der Waals surface area contributed by atoms with Crippen LogP contribution in [0.3, 0.4) is 0 Å². The number of ether oxygens (including phenoxy) is 1. The maximum Gasteiger partial charge on any atom is 0.335 e. The number of nitro groups is 1. The van der Waals surface area contributed by atoms with Crippen LogP contribution < -0.4 is 4.74 Å². The van der Waals surface area contributed by atoms with E-state index >= 15 is 0 Å². The van der Waals surface area contributed by atoms with Gasteiger partial charge in [-0.3, -0.25) is 10.1 Å². The molecule has 1 N–H and O–H groups in total. The van der Waals surface area contributed by atoms with E-state index in [1.54, 1.807) is 0 Å². The van der Waals surface area contributed by atoms with Crippen LogP contribution in [0.5, 0.6) is 11.6 Å². The van der Waals surface area contributed by atoms with Crippen molar-refractivity contribution in [1.82, 2.24) is 4.98 Å². The van der Waals surface area contributed by atoms with Crippen LogP contribution in [0.1, 0.15) is 10.4 Å². The highest BCUT2D eigenvalue weighted by Crippen LogP contribution is 2.33. The van der Waals surface area contributed by atoms with E-state index in [-0.39, 0.29) is 27.9 Å². The Morgan fingerprint density at radius 3 is 2.75 bits per heavy atom. The summed E-state index contributed by atoms with van der Waals surface area (Å²) in [6.07, 6.45) is 1.34. The van der Waals surface area contributed by atoms with Crippen molar-refractivity contribution in [3.05, 3.63) is 57.2 Å². The highest BCUT2D eigenvalue weighted by Gasteiger charge is 2.18. The third kappa shape index (κ3) is 2.83. The highest BCUT2D eigenvalue weighted by atomic mass is 35.5. The van der Waals surface area contributed by atoms with Gasteiger partial charge in [0, 0.05) is 12.3 Å². The van der Waals surface area contributed by atoms with E-state index in [9.17, 15) is 14.9 Å². The van der Waals surface area contributed by atoms with Gasteiger partial charge in [0.15, 0.2) is 0 Å². The maximum atomic E-state index is 10.8. The minimum atomic E-state index is -1.14. The van der Waals surface area contributed by atoms with Gasteiger partial charge < -0.3 is 9.84 Å². The van der Waals surface area contributed by atoms with Crippen LogP contribution >= 0.6 is 11.6 Å². The Balaban J connectivity index is 2.36. The first-order valence-corrected chi connectivity index (χ1v) is 5.67. The molecule has 7 nitrogen and oxygen atoms in total. The standard InChI is InChI=1S/C12H7ClN2O5/c13-8-6-7(12(16)17)3-4-10(8)20-11-9(15(18)19)2-1-5-14-11/h1-6H,(H,16,17). The van der Waals surface area contributed by atoms with Gasteiger partial charge in [-0.05, 0) is 24.3 Å². The SMILES string of the molecule is O=C(O)c1ccc(Oc2ncccc2[N+](=O)[O-])c(Cl)c1. The van der Waals surface area contributed by atoms with E-state index in [4.69, 9.17) is 21.4 Å². The Bertz CT molecular complexity index is 689. The smallest absolute Gasteiger partial charge is 0.335 e. The molecule has 2 rings (SSSR count). The van der Waals surface area contributed by atoms with E-state index in [0.717, 1.165) is 0 Å². The van der Waals surface area contributed by atoms with Gasteiger partial charge in [0.2, 0.25) is 0 Å². The van der Waals surface area contributed by atoms with Crippen molar-refractivity contribution in [2.75, 3.05) is 0 Å². The second-order valence-corrected chi connectivity index (χ2v) is 4.04. The molecule has 0 bridgehead atoms. The fourth-order valence-corrected chi connectivity index (χ4v) is 1.64. The van der Waals surface area contributed by atoms with Gasteiger partial charge in [0.25, 0.3) is 5.88 Å². The van der Waals surface area contributed by atoms with Crippen molar-refractivity contribution in [2.24, 2.45) is 0 Å². The number of carboxylic acid groups (broad SMARTS) is 1. The van der Waals surface area contributed by atoms with Gasteiger partial charge in [0.1, 0.15) is 5.75 Å². The van der Waals surface area contributed by atoms with Crippen molar-refractivity contribution in [2.45, 2.75) is 0 Å². The number of rotatable bonds is 4. The Kier molecular flexibility index (Phi) is 3.81. The van der Waals surface area contributed by atoms with Crippen molar-refractivity contribution >= 4 is 23.3 Å². The molecular weight excluding hydrogens is 288 g/mol. The minimum absolute atomic E-state index is 0.0159. The Morgan fingerprint density at radius 2 is 2.15 bits per heavy atom. The van der Waals surface area contributed by atoms with Crippen molar-refractivity contribution in [3.63, 3.8) is 0 Å². The van der Waals surface area contributed by atoms with E-state index in [0.29, 0.717) is 0 Å². The normalized spacial score (nSPS) is 10.1. The topological polar surface area (TPSA) is 103 Å². The Morgan fingerprint density at radius 1 is 1.40 bits per heavy atom. The van der Waals surface area contributed by atoms with Gasteiger partial charge in [0.05, 0.1) is 15.5 Å². The average Bonchev–Trinajstić information content (AvgIpc) is 2.41. The fourth-order valence-electron chi connectivity index (χ4n) is 1.42. The molecule has 0 fully saturated rings. The zero-order valence-corrected chi connectivity index (χ0v) is 10.6. The highest BCUT2D eigenvalue weighted by molar-refractivity contribution is 6.32. The molecule has 0 radical (unpaired) electrons. The number of halogens is 1. The van der Waals surface area contributed by atoms with E-state index < -0.39 is 10.9 Å². The summed E-state index contributed by atoms with van der Waals surface area (Å²) in [5.41, 5.74) is -0.330. The average molecular weight is 295 g/mol. The number of pyridine rings is 1. The predicted octanol–water partition coefficient (Wildman–Crippen LogP) is 3.13. The van der Waals surface area contributed by atoms with Crippen LogP contribution in [0.25, 0.3) is 0 Å². The molecule has 20 heavy (non-hydrogen) atoms.